The highest BCUT2D eigenvalue weighted by Gasteiger charge is 2.25. The molecule has 2 nitrogen and oxygen atoms in total. The fourth-order valence-electron chi connectivity index (χ4n) is 2.32. The van der Waals surface area contributed by atoms with E-state index in [-0.39, 0.29) is 0 Å². The zero-order valence-corrected chi connectivity index (χ0v) is 14.0. The summed E-state index contributed by atoms with van der Waals surface area (Å²) >= 11 is 7.14. The molecule has 0 amide bonds. The van der Waals surface area contributed by atoms with Gasteiger partial charge in [-0.3, -0.25) is 0 Å². The molecular formula is C14H19Br2NO. The van der Waals surface area contributed by atoms with E-state index in [1.54, 1.807) is 0 Å². The van der Waals surface area contributed by atoms with Crippen molar-refractivity contribution in [1.29, 1.82) is 0 Å². The van der Waals surface area contributed by atoms with Gasteiger partial charge in [0.1, 0.15) is 0 Å². The van der Waals surface area contributed by atoms with Crippen molar-refractivity contribution in [3.05, 3.63) is 28.2 Å². The molecule has 100 valence electrons. The smallest absolute Gasteiger partial charge is 0.0723 e. The standard InChI is InChI=1S/C14H19Br2NO/c1-3-12-9-18-10(2)8-17(12)13-5-4-11(7-15)14(16)6-13/h4-6,10,12H,3,7-9H2,1-2H3. The Morgan fingerprint density at radius 3 is 2.83 bits per heavy atom. The summed E-state index contributed by atoms with van der Waals surface area (Å²) in [4.78, 5) is 2.47. The number of hydrogen-bond donors (Lipinski definition) is 0. The van der Waals surface area contributed by atoms with Crippen LogP contribution >= 0.6 is 31.9 Å². The molecule has 0 N–H and O–H groups in total. The van der Waals surface area contributed by atoms with E-state index in [2.05, 4.69) is 68.8 Å². The normalized spacial score (nSPS) is 24.3. The first-order chi connectivity index (χ1) is 8.65. The number of nitrogens with zero attached hydrogens (tertiary/aromatic N) is 1. The van der Waals surface area contributed by atoms with Gasteiger partial charge in [-0.05, 0) is 31.0 Å². The lowest BCUT2D eigenvalue weighted by atomic mass is 10.1. The van der Waals surface area contributed by atoms with E-state index >= 15 is 0 Å². The van der Waals surface area contributed by atoms with E-state index in [1.807, 2.05) is 0 Å². The molecule has 2 rings (SSSR count). The highest BCUT2D eigenvalue weighted by atomic mass is 79.9. The lowest BCUT2D eigenvalue weighted by molar-refractivity contribution is 0.0299. The van der Waals surface area contributed by atoms with E-state index in [0.717, 1.165) is 24.9 Å². The van der Waals surface area contributed by atoms with Crippen LogP contribution in [0.15, 0.2) is 22.7 Å². The zero-order valence-electron chi connectivity index (χ0n) is 10.8. The monoisotopic (exact) mass is 375 g/mol. The van der Waals surface area contributed by atoms with Crippen LogP contribution in [0.3, 0.4) is 0 Å². The van der Waals surface area contributed by atoms with Gasteiger partial charge in [-0.2, -0.15) is 0 Å². The maximum absolute atomic E-state index is 5.75. The molecule has 4 heteroatoms. The van der Waals surface area contributed by atoms with Crippen LogP contribution in [0, 0.1) is 0 Å². The van der Waals surface area contributed by atoms with E-state index in [4.69, 9.17) is 4.74 Å². The van der Waals surface area contributed by atoms with Crippen LogP contribution in [-0.4, -0.2) is 25.3 Å². The Bertz CT molecular complexity index is 411. The maximum Gasteiger partial charge on any atom is 0.0723 e. The summed E-state index contributed by atoms with van der Waals surface area (Å²) in [7, 11) is 0. The summed E-state index contributed by atoms with van der Waals surface area (Å²) in [5.74, 6) is 0. The number of ether oxygens (including phenoxy) is 1. The van der Waals surface area contributed by atoms with Crippen molar-refractivity contribution in [1.82, 2.24) is 0 Å². The Labute approximate surface area is 126 Å². The molecule has 18 heavy (non-hydrogen) atoms. The SMILES string of the molecule is CCC1COC(C)CN1c1ccc(CBr)c(Br)c1. The summed E-state index contributed by atoms with van der Waals surface area (Å²) in [6, 6.07) is 7.10. The molecule has 1 heterocycles. The lowest BCUT2D eigenvalue weighted by Gasteiger charge is -2.40. The summed E-state index contributed by atoms with van der Waals surface area (Å²) in [5, 5.41) is 0.880. The predicted octanol–water partition coefficient (Wildman–Crippen LogP) is 4.35. The molecule has 1 saturated heterocycles. The molecule has 2 atom stereocenters. The number of halogens is 2. The molecule has 0 spiro atoms. The second-order valence-corrected chi connectivity index (χ2v) is 6.18. The Morgan fingerprint density at radius 1 is 1.44 bits per heavy atom. The van der Waals surface area contributed by atoms with Gasteiger partial charge < -0.3 is 9.64 Å². The second kappa shape index (κ2) is 6.40. The van der Waals surface area contributed by atoms with Gasteiger partial charge >= 0.3 is 0 Å². The number of hydrogen-bond acceptors (Lipinski definition) is 2. The summed E-state index contributed by atoms with van der Waals surface area (Å²) in [6.45, 7) is 6.16. The van der Waals surface area contributed by atoms with Crippen molar-refractivity contribution in [2.24, 2.45) is 0 Å². The van der Waals surface area contributed by atoms with Crippen LogP contribution in [0.2, 0.25) is 0 Å². The number of alkyl halides is 1. The van der Waals surface area contributed by atoms with Crippen molar-refractivity contribution in [3.63, 3.8) is 0 Å². The Morgan fingerprint density at radius 2 is 2.22 bits per heavy atom. The first kappa shape index (κ1) is 14.4. The minimum absolute atomic E-state index is 0.308. The lowest BCUT2D eigenvalue weighted by Crippen LogP contribution is -2.48. The first-order valence-electron chi connectivity index (χ1n) is 6.38. The molecule has 0 radical (unpaired) electrons. The fourth-order valence-corrected chi connectivity index (χ4v) is 3.69. The van der Waals surface area contributed by atoms with Crippen LogP contribution in [-0.2, 0) is 10.1 Å². The van der Waals surface area contributed by atoms with Crippen LogP contribution in [0.5, 0.6) is 0 Å². The number of benzene rings is 1. The second-order valence-electron chi connectivity index (χ2n) is 4.77. The van der Waals surface area contributed by atoms with Gasteiger partial charge in [0.2, 0.25) is 0 Å². The van der Waals surface area contributed by atoms with Crippen molar-refractivity contribution in [2.45, 2.75) is 37.7 Å². The molecule has 0 bridgehead atoms. The van der Waals surface area contributed by atoms with Crippen molar-refractivity contribution >= 4 is 37.5 Å². The van der Waals surface area contributed by atoms with Gasteiger partial charge in [-0.25, -0.2) is 0 Å². The van der Waals surface area contributed by atoms with E-state index < -0.39 is 0 Å². The Hall–Kier alpha value is -0.0600. The van der Waals surface area contributed by atoms with Gasteiger partial charge in [-0.1, -0.05) is 44.8 Å². The van der Waals surface area contributed by atoms with Crippen molar-refractivity contribution in [3.8, 4) is 0 Å². The van der Waals surface area contributed by atoms with Gasteiger partial charge in [0, 0.05) is 22.0 Å². The van der Waals surface area contributed by atoms with Crippen molar-refractivity contribution < 1.29 is 4.74 Å². The topological polar surface area (TPSA) is 12.5 Å². The molecule has 1 aromatic rings. The van der Waals surface area contributed by atoms with Gasteiger partial charge in [0.05, 0.1) is 18.8 Å². The molecule has 1 aliphatic heterocycles. The van der Waals surface area contributed by atoms with Gasteiger partial charge in [-0.15, -0.1) is 0 Å². The van der Waals surface area contributed by atoms with Crippen LogP contribution < -0.4 is 4.90 Å². The highest BCUT2D eigenvalue weighted by Crippen LogP contribution is 2.29. The first-order valence-corrected chi connectivity index (χ1v) is 8.29. The Kier molecular flexibility index (Phi) is 5.10. The number of morpholine rings is 1. The molecule has 1 fully saturated rings. The molecule has 1 aromatic carbocycles. The number of rotatable bonds is 3. The molecule has 1 aliphatic rings. The fraction of sp³-hybridized carbons (Fsp3) is 0.571. The zero-order chi connectivity index (χ0) is 13.1. The van der Waals surface area contributed by atoms with E-state index in [9.17, 15) is 0 Å². The molecule has 0 aliphatic carbocycles. The highest BCUT2D eigenvalue weighted by molar-refractivity contribution is 9.10. The molecule has 0 saturated carbocycles. The van der Waals surface area contributed by atoms with Crippen LogP contribution in [0.1, 0.15) is 25.8 Å². The van der Waals surface area contributed by atoms with E-state index in [0.29, 0.717) is 12.1 Å². The Balaban J connectivity index is 2.25. The van der Waals surface area contributed by atoms with Gasteiger partial charge in [0.15, 0.2) is 0 Å². The average Bonchev–Trinajstić information content (AvgIpc) is 2.38. The summed E-state index contributed by atoms with van der Waals surface area (Å²) in [6.07, 6.45) is 1.42. The predicted molar refractivity (Wildman–Crippen MR) is 83.6 cm³/mol. The summed E-state index contributed by atoms with van der Waals surface area (Å²) < 4.78 is 6.92. The third kappa shape index (κ3) is 3.09. The summed E-state index contributed by atoms with van der Waals surface area (Å²) in [5.41, 5.74) is 2.57. The quantitative estimate of drug-likeness (QED) is 0.727. The van der Waals surface area contributed by atoms with Crippen LogP contribution in [0.25, 0.3) is 0 Å². The minimum Gasteiger partial charge on any atom is -0.375 e. The minimum atomic E-state index is 0.308. The van der Waals surface area contributed by atoms with E-state index in [1.165, 1.54) is 15.7 Å². The van der Waals surface area contributed by atoms with Gasteiger partial charge in [0.25, 0.3) is 0 Å². The third-order valence-corrected chi connectivity index (χ3v) is 4.79. The maximum atomic E-state index is 5.75. The van der Waals surface area contributed by atoms with Crippen LogP contribution in [0.4, 0.5) is 5.69 Å². The third-order valence-electron chi connectivity index (χ3n) is 3.45. The molecule has 2 unspecified atom stereocenters. The molecular weight excluding hydrogens is 358 g/mol. The molecule has 0 aromatic heterocycles. The largest absolute Gasteiger partial charge is 0.375 e. The number of anilines is 1. The van der Waals surface area contributed by atoms with Crippen molar-refractivity contribution in [2.75, 3.05) is 18.1 Å². The average molecular weight is 377 g/mol.